The van der Waals surface area contributed by atoms with E-state index in [1.165, 1.54) is 0 Å². The third-order valence-corrected chi connectivity index (χ3v) is 6.52. The number of amides is 1. The molecule has 0 fully saturated rings. The van der Waals surface area contributed by atoms with E-state index in [9.17, 15) is 4.79 Å². The van der Waals surface area contributed by atoms with E-state index in [-0.39, 0.29) is 12.5 Å². The van der Waals surface area contributed by atoms with E-state index >= 15 is 0 Å². The average Bonchev–Trinajstić information content (AvgIpc) is 3.39. The van der Waals surface area contributed by atoms with Crippen LogP contribution in [-0.2, 0) is 14.3 Å². The van der Waals surface area contributed by atoms with Crippen molar-refractivity contribution in [3.05, 3.63) is 108 Å². The van der Waals surface area contributed by atoms with Gasteiger partial charge >= 0.3 is 0 Å². The summed E-state index contributed by atoms with van der Waals surface area (Å²) in [5, 5.41) is 9.00. The Kier molecular flexibility index (Phi) is 10.9. The lowest BCUT2D eigenvalue weighted by molar-refractivity contribution is -0.129. The van der Waals surface area contributed by atoms with Crippen molar-refractivity contribution in [3.8, 4) is 5.75 Å². The molecule has 210 valence electrons. The van der Waals surface area contributed by atoms with E-state index < -0.39 is 11.6 Å². The Bertz CT molecular complexity index is 1250. The van der Waals surface area contributed by atoms with E-state index in [1.807, 2.05) is 97.1 Å². The molecule has 0 saturated heterocycles. The van der Waals surface area contributed by atoms with Gasteiger partial charge in [-0.2, -0.15) is 0 Å². The molecule has 0 unspecified atom stereocenters. The Labute approximate surface area is 235 Å². The molecule has 2 atom stereocenters. The predicted octanol–water partition coefficient (Wildman–Crippen LogP) is 4.47. The molecule has 0 aromatic heterocycles. The first-order valence-electron chi connectivity index (χ1n) is 13.6. The molecule has 1 amide bonds. The lowest BCUT2D eigenvalue weighted by atomic mass is 9.84. The van der Waals surface area contributed by atoms with Crippen LogP contribution >= 0.6 is 0 Å². The number of nitrogens with one attached hydrogen (secondary N) is 2. The number of aliphatic hydroxyl groups is 1. The van der Waals surface area contributed by atoms with Crippen molar-refractivity contribution in [1.82, 2.24) is 10.9 Å². The molecule has 1 aliphatic rings. The summed E-state index contributed by atoms with van der Waals surface area (Å²) in [5.41, 5.74) is 7.27. The molecule has 0 radical (unpaired) electrons. The second kappa shape index (κ2) is 15.0. The molecule has 8 nitrogen and oxygen atoms in total. The summed E-state index contributed by atoms with van der Waals surface area (Å²) in [6.45, 7) is 1.65. The molecule has 3 aromatic rings. The third kappa shape index (κ3) is 7.57. The topological polar surface area (TPSA) is 101 Å². The number of benzene rings is 3. The van der Waals surface area contributed by atoms with Crippen molar-refractivity contribution >= 4 is 17.9 Å². The first-order chi connectivity index (χ1) is 19.7. The third-order valence-electron chi connectivity index (χ3n) is 6.52. The van der Waals surface area contributed by atoms with Gasteiger partial charge in [0.05, 0.1) is 6.61 Å². The van der Waals surface area contributed by atoms with Crippen LogP contribution < -0.4 is 15.6 Å². The van der Waals surface area contributed by atoms with E-state index in [1.54, 1.807) is 7.11 Å². The molecule has 1 aliphatic heterocycles. The minimum absolute atomic E-state index is 0.0771. The van der Waals surface area contributed by atoms with Crippen LogP contribution in [0.3, 0.4) is 0 Å². The second-order valence-corrected chi connectivity index (χ2v) is 9.44. The maximum absolute atomic E-state index is 13.9. The molecular weight excluding hydrogens is 506 g/mol. The van der Waals surface area contributed by atoms with Crippen molar-refractivity contribution in [2.75, 3.05) is 33.5 Å². The van der Waals surface area contributed by atoms with E-state index in [2.05, 4.69) is 10.9 Å². The quantitative estimate of drug-likeness (QED) is 0.193. The van der Waals surface area contributed by atoms with Gasteiger partial charge < -0.3 is 19.3 Å². The number of hydrogen-bond donors (Lipinski definition) is 3. The van der Waals surface area contributed by atoms with Crippen LogP contribution in [0, 0.1) is 0 Å². The summed E-state index contributed by atoms with van der Waals surface area (Å²) in [7, 11) is 1.65. The highest BCUT2D eigenvalue weighted by molar-refractivity contribution is 6.01. The van der Waals surface area contributed by atoms with E-state index in [0.717, 1.165) is 23.1 Å². The van der Waals surface area contributed by atoms with Crippen LogP contribution in [0.2, 0.25) is 0 Å². The van der Waals surface area contributed by atoms with Gasteiger partial charge in [-0.3, -0.25) is 10.2 Å². The monoisotopic (exact) mass is 543 g/mol. The lowest BCUT2D eigenvalue weighted by Gasteiger charge is -2.29. The number of carbonyl (C=O) groups is 1. The van der Waals surface area contributed by atoms with Crippen molar-refractivity contribution in [2.24, 2.45) is 4.99 Å². The van der Waals surface area contributed by atoms with E-state index in [0.29, 0.717) is 44.2 Å². The Balaban J connectivity index is 1.66. The number of aliphatic imine (C=N–C) groups is 1. The van der Waals surface area contributed by atoms with Crippen LogP contribution in [0.1, 0.15) is 42.1 Å². The van der Waals surface area contributed by atoms with Gasteiger partial charge in [0.15, 0.2) is 11.6 Å². The first kappa shape index (κ1) is 29.0. The fraction of sp³-hybridized carbons (Fsp3) is 0.312. The second-order valence-electron chi connectivity index (χ2n) is 9.44. The van der Waals surface area contributed by atoms with Gasteiger partial charge in [-0.05, 0) is 41.8 Å². The molecule has 8 heteroatoms. The molecule has 3 aromatic carbocycles. The Morgan fingerprint density at radius 2 is 1.73 bits per heavy atom. The fourth-order valence-corrected chi connectivity index (χ4v) is 4.44. The average molecular weight is 544 g/mol. The summed E-state index contributed by atoms with van der Waals surface area (Å²) in [4.78, 5) is 18.9. The van der Waals surface area contributed by atoms with Gasteiger partial charge in [0.2, 0.25) is 5.90 Å². The van der Waals surface area contributed by atoms with Crippen molar-refractivity contribution in [3.63, 3.8) is 0 Å². The number of carbonyl (C=O) groups excluding carboxylic acids is 1. The number of hydrazine groups is 1. The van der Waals surface area contributed by atoms with Gasteiger partial charge in [0.1, 0.15) is 5.75 Å². The lowest BCUT2D eigenvalue weighted by Crippen LogP contribution is -2.52. The Morgan fingerprint density at radius 1 is 1.00 bits per heavy atom. The standard InChI is InChI=1S/C32H37N3O5/c1-38-23-9-21-33-35-31(37)32(20-8-13-25-11-4-2-5-12-25)29(26-14-6-3-7-15-26)40-30(34-32)27-16-18-28(19-17-27)39-24-10-22-36/h2-8,11-19,29,33,36H,9-10,20-24H2,1H3,(H,35,37)/b13-8+/t29-,32-/m0/s1. The van der Waals surface area contributed by atoms with E-state index in [4.69, 9.17) is 24.3 Å². The highest BCUT2D eigenvalue weighted by Crippen LogP contribution is 2.42. The number of aliphatic hydroxyl groups excluding tert-OH is 1. The minimum Gasteiger partial charge on any atom is -0.494 e. The minimum atomic E-state index is -1.26. The van der Waals surface area contributed by atoms with Crippen LogP contribution in [0.4, 0.5) is 0 Å². The first-order valence-corrected chi connectivity index (χ1v) is 13.6. The molecule has 0 bridgehead atoms. The molecule has 0 spiro atoms. The number of rotatable bonds is 15. The van der Waals surface area contributed by atoms with Gasteiger partial charge in [-0.25, -0.2) is 10.4 Å². The number of nitrogens with zero attached hydrogens (tertiary/aromatic N) is 1. The summed E-state index contributed by atoms with van der Waals surface area (Å²) in [6.07, 6.45) is 4.95. The zero-order chi connectivity index (χ0) is 28.0. The largest absolute Gasteiger partial charge is 0.494 e. The molecule has 0 aliphatic carbocycles. The molecule has 3 N–H and O–H groups in total. The number of methoxy groups -OCH3 is 1. The summed E-state index contributed by atoms with van der Waals surface area (Å²) < 4.78 is 17.3. The SMILES string of the molecule is COCCCNNC(=O)[C@@]1(C/C=C/c2ccccc2)N=C(c2ccc(OCCCO)cc2)O[C@H]1c1ccccc1. The zero-order valence-electron chi connectivity index (χ0n) is 22.8. The molecule has 40 heavy (non-hydrogen) atoms. The Morgan fingerprint density at radius 3 is 2.42 bits per heavy atom. The molecule has 4 rings (SSSR count). The Hall–Kier alpha value is -3.98. The van der Waals surface area contributed by atoms with Crippen molar-refractivity contribution in [1.29, 1.82) is 0 Å². The summed E-state index contributed by atoms with van der Waals surface area (Å²) >= 11 is 0. The number of ether oxygens (including phenoxy) is 3. The molecule has 1 heterocycles. The smallest absolute Gasteiger partial charge is 0.266 e. The highest BCUT2D eigenvalue weighted by atomic mass is 16.5. The normalized spacial score (nSPS) is 18.4. The number of hydrogen-bond acceptors (Lipinski definition) is 7. The van der Waals surface area contributed by atoms with Gasteiger partial charge in [-0.1, -0.05) is 72.8 Å². The fourth-order valence-electron chi connectivity index (χ4n) is 4.44. The van der Waals surface area contributed by atoms with Crippen molar-refractivity contribution < 1.29 is 24.1 Å². The van der Waals surface area contributed by atoms with Crippen LogP contribution in [-0.4, -0.2) is 55.9 Å². The summed E-state index contributed by atoms with van der Waals surface area (Å²) in [6, 6.07) is 27.1. The molecular formula is C32H37N3O5. The maximum Gasteiger partial charge on any atom is 0.266 e. The zero-order valence-corrected chi connectivity index (χ0v) is 22.8. The molecule has 0 saturated carbocycles. The predicted molar refractivity (Wildman–Crippen MR) is 156 cm³/mol. The van der Waals surface area contributed by atoms with Gasteiger partial charge in [0, 0.05) is 45.3 Å². The van der Waals surface area contributed by atoms with Crippen LogP contribution in [0.5, 0.6) is 5.75 Å². The van der Waals surface area contributed by atoms with Crippen LogP contribution in [0.25, 0.3) is 6.08 Å². The van der Waals surface area contributed by atoms with Crippen molar-refractivity contribution in [2.45, 2.75) is 30.9 Å². The van der Waals surface area contributed by atoms with Gasteiger partial charge in [-0.15, -0.1) is 0 Å². The van der Waals surface area contributed by atoms with Gasteiger partial charge in [0.25, 0.3) is 5.91 Å². The summed E-state index contributed by atoms with van der Waals surface area (Å²) in [5.74, 6) is 0.791. The van der Waals surface area contributed by atoms with Crippen LogP contribution in [0.15, 0.2) is 96.0 Å². The maximum atomic E-state index is 13.9. The highest BCUT2D eigenvalue weighted by Gasteiger charge is 2.52.